The Balaban J connectivity index is 1.91. The molecule has 0 unspecified atom stereocenters. The van der Waals surface area contributed by atoms with E-state index in [0.717, 1.165) is 5.56 Å². The van der Waals surface area contributed by atoms with Gasteiger partial charge in [-0.3, -0.25) is 9.48 Å². The van der Waals surface area contributed by atoms with Gasteiger partial charge in [-0.15, -0.1) is 6.58 Å². The summed E-state index contributed by atoms with van der Waals surface area (Å²) in [6.07, 6.45) is 5.20. The van der Waals surface area contributed by atoms with Crippen LogP contribution in [0, 0.1) is 0 Å². The van der Waals surface area contributed by atoms with Crippen molar-refractivity contribution >= 4 is 17.6 Å². The average Bonchev–Trinajstić information content (AvgIpc) is 2.98. The summed E-state index contributed by atoms with van der Waals surface area (Å²) >= 11 is 0. The van der Waals surface area contributed by atoms with E-state index in [-0.39, 0.29) is 11.9 Å². The van der Waals surface area contributed by atoms with Crippen molar-refractivity contribution in [3.63, 3.8) is 0 Å². The molecule has 0 aliphatic carbocycles. The lowest BCUT2D eigenvalue weighted by Crippen LogP contribution is -2.30. The van der Waals surface area contributed by atoms with E-state index in [2.05, 4.69) is 22.3 Å². The van der Waals surface area contributed by atoms with Gasteiger partial charge in [0.25, 0.3) is 5.91 Å². The van der Waals surface area contributed by atoms with Gasteiger partial charge in [-0.2, -0.15) is 5.10 Å². The number of urea groups is 1. The lowest BCUT2D eigenvalue weighted by molar-refractivity contribution is 0.0958. The van der Waals surface area contributed by atoms with E-state index in [1.807, 2.05) is 13.2 Å². The standard InChI is InChI=1S/C17H21N5O2/c1-4-9-18-16(23)14-5-7-15(8-6-14)20-17(24)21(2)11-13-10-19-22(3)12-13/h4-8,10,12H,1,9,11H2,2-3H3,(H,18,23)(H,20,24). The highest BCUT2D eigenvalue weighted by atomic mass is 16.2. The van der Waals surface area contributed by atoms with Crippen LogP contribution in [0.3, 0.4) is 0 Å². The third kappa shape index (κ3) is 4.70. The average molecular weight is 327 g/mol. The van der Waals surface area contributed by atoms with Crippen LogP contribution in [0.15, 0.2) is 49.3 Å². The molecule has 0 spiro atoms. The molecular weight excluding hydrogens is 306 g/mol. The van der Waals surface area contributed by atoms with Gasteiger partial charge in [0.05, 0.1) is 12.7 Å². The fourth-order valence-electron chi connectivity index (χ4n) is 2.09. The molecule has 2 aromatic rings. The molecule has 7 nitrogen and oxygen atoms in total. The number of carbonyl (C=O) groups excluding carboxylic acids is 2. The number of rotatable bonds is 6. The fourth-order valence-corrected chi connectivity index (χ4v) is 2.09. The largest absolute Gasteiger partial charge is 0.349 e. The van der Waals surface area contributed by atoms with Crippen LogP contribution >= 0.6 is 0 Å². The Labute approximate surface area is 141 Å². The summed E-state index contributed by atoms with van der Waals surface area (Å²) in [5.41, 5.74) is 2.10. The third-order valence-corrected chi connectivity index (χ3v) is 3.33. The summed E-state index contributed by atoms with van der Waals surface area (Å²) in [6.45, 7) is 4.42. The minimum atomic E-state index is -0.234. The molecule has 0 fully saturated rings. The van der Waals surface area contributed by atoms with E-state index in [1.165, 1.54) is 0 Å². The highest BCUT2D eigenvalue weighted by Crippen LogP contribution is 2.11. The summed E-state index contributed by atoms with van der Waals surface area (Å²) < 4.78 is 1.69. The summed E-state index contributed by atoms with van der Waals surface area (Å²) in [5, 5.41) is 9.56. The maximum Gasteiger partial charge on any atom is 0.321 e. The summed E-state index contributed by atoms with van der Waals surface area (Å²) in [4.78, 5) is 25.5. The van der Waals surface area contributed by atoms with Gasteiger partial charge in [0.15, 0.2) is 0 Å². The fraction of sp³-hybridized carbons (Fsp3) is 0.235. The van der Waals surface area contributed by atoms with Gasteiger partial charge in [-0.25, -0.2) is 4.79 Å². The number of aryl methyl sites for hydroxylation is 1. The molecule has 0 bridgehead atoms. The first-order valence-corrected chi connectivity index (χ1v) is 7.48. The van der Waals surface area contributed by atoms with E-state index in [1.54, 1.807) is 53.2 Å². The zero-order valence-corrected chi connectivity index (χ0v) is 13.8. The molecule has 3 amide bonds. The van der Waals surface area contributed by atoms with Gasteiger partial charge in [-0.1, -0.05) is 6.08 Å². The third-order valence-electron chi connectivity index (χ3n) is 3.33. The topological polar surface area (TPSA) is 79.3 Å². The van der Waals surface area contributed by atoms with Crippen LogP contribution in [0.25, 0.3) is 0 Å². The van der Waals surface area contributed by atoms with E-state index in [9.17, 15) is 9.59 Å². The second-order valence-electron chi connectivity index (χ2n) is 5.38. The highest BCUT2D eigenvalue weighted by molar-refractivity contribution is 5.95. The SMILES string of the molecule is C=CCNC(=O)c1ccc(NC(=O)N(C)Cc2cnn(C)c2)cc1. The van der Waals surface area contributed by atoms with Gasteiger partial charge < -0.3 is 15.5 Å². The molecule has 0 aliphatic rings. The number of carbonyl (C=O) groups is 2. The Morgan fingerprint density at radius 2 is 2.04 bits per heavy atom. The van der Waals surface area contributed by atoms with Gasteiger partial charge in [0.1, 0.15) is 0 Å². The predicted molar refractivity (Wildman–Crippen MR) is 92.7 cm³/mol. The first-order chi connectivity index (χ1) is 11.5. The van der Waals surface area contributed by atoms with Crippen molar-refractivity contribution in [1.29, 1.82) is 0 Å². The van der Waals surface area contributed by atoms with Gasteiger partial charge in [0.2, 0.25) is 0 Å². The van der Waals surface area contributed by atoms with E-state index in [0.29, 0.717) is 24.3 Å². The van der Waals surface area contributed by atoms with Crippen molar-refractivity contribution in [3.05, 3.63) is 60.4 Å². The van der Waals surface area contributed by atoms with Gasteiger partial charge in [0, 0.05) is 43.7 Å². The number of nitrogens with zero attached hydrogens (tertiary/aromatic N) is 3. The second kappa shape index (κ2) is 7.96. The summed E-state index contributed by atoms with van der Waals surface area (Å²) in [7, 11) is 3.54. The van der Waals surface area contributed by atoms with E-state index < -0.39 is 0 Å². The number of aromatic nitrogens is 2. The molecule has 2 N–H and O–H groups in total. The van der Waals surface area contributed by atoms with Crippen molar-refractivity contribution in [2.45, 2.75) is 6.54 Å². The van der Waals surface area contributed by atoms with Gasteiger partial charge >= 0.3 is 6.03 Å². The molecular formula is C17H21N5O2. The molecule has 0 saturated carbocycles. The smallest absolute Gasteiger partial charge is 0.321 e. The number of anilines is 1. The molecule has 0 saturated heterocycles. The van der Waals surface area contributed by atoms with Crippen molar-refractivity contribution in [1.82, 2.24) is 20.0 Å². The van der Waals surface area contributed by atoms with Crippen molar-refractivity contribution in [3.8, 4) is 0 Å². The Hall–Kier alpha value is -3.09. The van der Waals surface area contributed by atoms with E-state index >= 15 is 0 Å². The molecule has 0 atom stereocenters. The Kier molecular flexibility index (Phi) is 5.73. The molecule has 1 aromatic carbocycles. The van der Waals surface area contributed by atoms with Crippen LogP contribution in [0.4, 0.5) is 10.5 Å². The molecule has 1 heterocycles. The monoisotopic (exact) mass is 327 g/mol. The zero-order chi connectivity index (χ0) is 17.5. The van der Waals surface area contributed by atoms with Crippen molar-refractivity contribution < 1.29 is 9.59 Å². The lowest BCUT2D eigenvalue weighted by Gasteiger charge is -2.17. The Bertz CT molecular complexity index is 721. The maximum atomic E-state index is 12.2. The summed E-state index contributed by atoms with van der Waals surface area (Å²) in [6, 6.07) is 6.48. The number of amides is 3. The van der Waals surface area contributed by atoms with Crippen molar-refractivity contribution in [2.75, 3.05) is 18.9 Å². The molecule has 126 valence electrons. The predicted octanol–water partition coefficient (Wildman–Crippen LogP) is 2.00. The van der Waals surface area contributed by atoms with Crippen LogP contribution in [0.5, 0.6) is 0 Å². The zero-order valence-electron chi connectivity index (χ0n) is 13.8. The minimum Gasteiger partial charge on any atom is -0.349 e. The van der Waals surface area contributed by atoms with E-state index in [4.69, 9.17) is 0 Å². The van der Waals surface area contributed by atoms with Crippen molar-refractivity contribution in [2.24, 2.45) is 7.05 Å². The Morgan fingerprint density at radius 1 is 1.33 bits per heavy atom. The molecule has 2 rings (SSSR count). The second-order valence-corrected chi connectivity index (χ2v) is 5.38. The number of benzene rings is 1. The molecule has 1 aromatic heterocycles. The first-order valence-electron chi connectivity index (χ1n) is 7.48. The van der Waals surface area contributed by atoms with Crippen LogP contribution in [-0.2, 0) is 13.6 Å². The van der Waals surface area contributed by atoms with Crippen LogP contribution in [0.1, 0.15) is 15.9 Å². The molecule has 0 radical (unpaired) electrons. The van der Waals surface area contributed by atoms with Crippen LogP contribution < -0.4 is 10.6 Å². The van der Waals surface area contributed by atoms with Gasteiger partial charge in [-0.05, 0) is 24.3 Å². The minimum absolute atomic E-state index is 0.179. The number of hydrogen-bond donors (Lipinski definition) is 2. The quantitative estimate of drug-likeness (QED) is 0.797. The summed E-state index contributed by atoms with van der Waals surface area (Å²) in [5.74, 6) is -0.179. The molecule has 24 heavy (non-hydrogen) atoms. The first kappa shape index (κ1) is 17.3. The normalized spacial score (nSPS) is 10.1. The number of nitrogens with one attached hydrogen (secondary N) is 2. The number of hydrogen-bond acceptors (Lipinski definition) is 3. The van der Waals surface area contributed by atoms with Crippen LogP contribution in [-0.4, -0.2) is 40.2 Å². The van der Waals surface area contributed by atoms with Crippen LogP contribution in [0.2, 0.25) is 0 Å². The maximum absolute atomic E-state index is 12.2. The molecule has 7 heteroatoms. The Morgan fingerprint density at radius 3 is 2.62 bits per heavy atom. The lowest BCUT2D eigenvalue weighted by atomic mass is 10.2. The highest BCUT2D eigenvalue weighted by Gasteiger charge is 2.11. The molecule has 0 aliphatic heterocycles.